The molecular formula is C15H21NO2. The molecule has 0 radical (unpaired) electrons. The summed E-state index contributed by atoms with van der Waals surface area (Å²) in [5.41, 5.74) is 0.699. The molecule has 1 aliphatic rings. The van der Waals surface area contributed by atoms with Crippen molar-refractivity contribution in [1.82, 2.24) is 5.32 Å². The fraction of sp³-hybridized carbons (Fsp3) is 0.533. The highest BCUT2D eigenvalue weighted by atomic mass is 16.5. The average molecular weight is 247 g/mol. The Labute approximate surface area is 109 Å². The zero-order valence-corrected chi connectivity index (χ0v) is 11.1. The average Bonchev–Trinajstić information content (AvgIpc) is 3.26. The van der Waals surface area contributed by atoms with Gasteiger partial charge in [-0.25, -0.2) is 0 Å². The summed E-state index contributed by atoms with van der Waals surface area (Å²) in [5, 5.41) is 3.44. The van der Waals surface area contributed by atoms with Gasteiger partial charge in [0, 0.05) is 6.54 Å². The number of ether oxygens (including phenoxy) is 1. The highest BCUT2D eigenvalue weighted by molar-refractivity contribution is 5.81. The molecule has 0 amide bonds. The van der Waals surface area contributed by atoms with Gasteiger partial charge in [-0.05, 0) is 30.7 Å². The van der Waals surface area contributed by atoms with Crippen LogP contribution < -0.4 is 5.32 Å². The molecular weight excluding hydrogens is 226 g/mol. The maximum atomic E-state index is 12.1. The molecule has 3 nitrogen and oxygen atoms in total. The van der Waals surface area contributed by atoms with Crippen molar-refractivity contribution in [2.45, 2.75) is 38.3 Å². The molecule has 1 aliphatic carbocycles. The Hall–Kier alpha value is -1.35. The Kier molecular flexibility index (Phi) is 4.02. The second-order valence-electron chi connectivity index (χ2n) is 4.93. The van der Waals surface area contributed by atoms with Gasteiger partial charge < -0.3 is 4.74 Å². The number of rotatable bonds is 6. The molecule has 1 atom stereocenters. The summed E-state index contributed by atoms with van der Waals surface area (Å²) in [7, 11) is 1.47. The Morgan fingerprint density at radius 1 is 1.39 bits per heavy atom. The van der Waals surface area contributed by atoms with Crippen molar-refractivity contribution in [2.24, 2.45) is 5.92 Å². The lowest BCUT2D eigenvalue weighted by molar-refractivity contribution is -0.150. The monoisotopic (exact) mass is 247 g/mol. The van der Waals surface area contributed by atoms with Crippen molar-refractivity contribution in [2.75, 3.05) is 7.11 Å². The van der Waals surface area contributed by atoms with Crippen LogP contribution in [0.2, 0.25) is 0 Å². The molecule has 0 heterocycles. The molecule has 0 spiro atoms. The minimum absolute atomic E-state index is 0.122. The lowest BCUT2D eigenvalue weighted by Gasteiger charge is -2.31. The van der Waals surface area contributed by atoms with Gasteiger partial charge in [0.25, 0.3) is 0 Å². The van der Waals surface area contributed by atoms with Crippen molar-refractivity contribution < 1.29 is 9.53 Å². The van der Waals surface area contributed by atoms with Gasteiger partial charge in [-0.1, -0.05) is 37.3 Å². The lowest BCUT2D eigenvalue weighted by Crippen LogP contribution is -2.53. The number of methoxy groups -OCH3 is 1. The van der Waals surface area contributed by atoms with Crippen molar-refractivity contribution in [3.05, 3.63) is 35.9 Å². The van der Waals surface area contributed by atoms with Crippen LogP contribution in [-0.4, -0.2) is 18.6 Å². The molecule has 0 bridgehead atoms. The van der Waals surface area contributed by atoms with Crippen LogP contribution >= 0.6 is 0 Å². The van der Waals surface area contributed by atoms with Gasteiger partial charge in [0.15, 0.2) is 0 Å². The summed E-state index contributed by atoms with van der Waals surface area (Å²) < 4.78 is 4.99. The topological polar surface area (TPSA) is 38.3 Å². The van der Waals surface area contributed by atoms with Gasteiger partial charge in [0.1, 0.15) is 5.54 Å². The fourth-order valence-electron chi connectivity index (χ4n) is 2.56. The Balaban J connectivity index is 2.08. The smallest absolute Gasteiger partial charge is 0.326 e. The summed E-state index contributed by atoms with van der Waals surface area (Å²) in [6.07, 6.45) is 3.01. The third-order valence-corrected chi connectivity index (χ3v) is 3.83. The van der Waals surface area contributed by atoms with Gasteiger partial charge in [-0.3, -0.25) is 10.1 Å². The first kappa shape index (κ1) is 13.1. The molecule has 0 aliphatic heterocycles. The molecule has 1 fully saturated rings. The highest BCUT2D eigenvalue weighted by Crippen LogP contribution is 2.42. The van der Waals surface area contributed by atoms with E-state index in [4.69, 9.17) is 4.74 Å². The van der Waals surface area contributed by atoms with E-state index >= 15 is 0 Å². The molecule has 1 N–H and O–H groups in total. The maximum absolute atomic E-state index is 12.1. The van der Waals surface area contributed by atoms with E-state index < -0.39 is 5.54 Å². The van der Waals surface area contributed by atoms with E-state index in [1.165, 1.54) is 12.7 Å². The van der Waals surface area contributed by atoms with E-state index in [9.17, 15) is 4.79 Å². The number of benzene rings is 1. The molecule has 18 heavy (non-hydrogen) atoms. The Morgan fingerprint density at radius 3 is 2.56 bits per heavy atom. The van der Waals surface area contributed by atoms with Crippen LogP contribution in [0, 0.1) is 5.92 Å². The molecule has 0 saturated heterocycles. The second kappa shape index (κ2) is 5.53. The lowest BCUT2D eigenvalue weighted by atomic mass is 9.89. The molecule has 3 heteroatoms. The number of hydrogen-bond donors (Lipinski definition) is 1. The van der Waals surface area contributed by atoms with E-state index in [1.807, 2.05) is 25.1 Å². The number of esters is 1. The van der Waals surface area contributed by atoms with Gasteiger partial charge in [-0.15, -0.1) is 0 Å². The van der Waals surface area contributed by atoms with Crippen LogP contribution in [0.15, 0.2) is 30.3 Å². The normalized spacial score (nSPS) is 18.1. The van der Waals surface area contributed by atoms with Gasteiger partial charge in [0.2, 0.25) is 0 Å². The van der Waals surface area contributed by atoms with Crippen molar-refractivity contribution in [3.63, 3.8) is 0 Å². The summed E-state index contributed by atoms with van der Waals surface area (Å²) in [4.78, 5) is 12.1. The third kappa shape index (κ3) is 2.56. The quantitative estimate of drug-likeness (QED) is 0.785. The largest absolute Gasteiger partial charge is 0.468 e. The predicted octanol–water partition coefficient (Wildman–Crippen LogP) is 2.51. The minimum atomic E-state index is -0.495. The summed E-state index contributed by atoms with van der Waals surface area (Å²) in [5.74, 6) is 0.307. The second-order valence-corrected chi connectivity index (χ2v) is 4.93. The Bertz CT molecular complexity index is 400. The van der Waals surface area contributed by atoms with Crippen LogP contribution in [-0.2, 0) is 16.1 Å². The Morgan fingerprint density at radius 2 is 2.06 bits per heavy atom. The SMILES string of the molecule is CCC(NCc1ccccc1)(C(=O)OC)C1CC1. The predicted molar refractivity (Wildman–Crippen MR) is 71.0 cm³/mol. The van der Waals surface area contributed by atoms with Crippen molar-refractivity contribution in [1.29, 1.82) is 0 Å². The minimum Gasteiger partial charge on any atom is -0.468 e. The first-order chi connectivity index (χ1) is 8.73. The standard InChI is InChI=1S/C15H21NO2/c1-3-15(13-9-10-13,14(17)18-2)16-11-12-7-5-4-6-8-12/h4-8,13,16H,3,9-11H2,1-2H3. The molecule has 0 aromatic heterocycles. The highest BCUT2D eigenvalue weighted by Gasteiger charge is 2.50. The molecule has 2 rings (SSSR count). The molecule has 1 saturated carbocycles. The fourth-order valence-corrected chi connectivity index (χ4v) is 2.56. The van der Waals surface area contributed by atoms with Gasteiger partial charge in [-0.2, -0.15) is 0 Å². The van der Waals surface area contributed by atoms with E-state index in [0.717, 1.165) is 19.3 Å². The van der Waals surface area contributed by atoms with E-state index in [-0.39, 0.29) is 5.97 Å². The van der Waals surface area contributed by atoms with Crippen LogP contribution in [0.1, 0.15) is 31.7 Å². The molecule has 98 valence electrons. The summed E-state index contributed by atoms with van der Waals surface area (Å²) in [6, 6.07) is 10.2. The zero-order chi connectivity index (χ0) is 13.0. The third-order valence-electron chi connectivity index (χ3n) is 3.83. The summed E-state index contributed by atoms with van der Waals surface area (Å²) in [6.45, 7) is 2.76. The zero-order valence-electron chi connectivity index (χ0n) is 11.1. The van der Waals surface area contributed by atoms with E-state index in [0.29, 0.717) is 12.5 Å². The number of carbonyl (C=O) groups is 1. The first-order valence-electron chi connectivity index (χ1n) is 6.60. The first-order valence-corrected chi connectivity index (χ1v) is 6.60. The van der Waals surface area contributed by atoms with Crippen molar-refractivity contribution in [3.8, 4) is 0 Å². The summed E-state index contributed by atoms with van der Waals surface area (Å²) >= 11 is 0. The van der Waals surface area contributed by atoms with Crippen molar-refractivity contribution >= 4 is 5.97 Å². The van der Waals surface area contributed by atoms with Crippen LogP contribution in [0.5, 0.6) is 0 Å². The maximum Gasteiger partial charge on any atom is 0.326 e. The van der Waals surface area contributed by atoms with Crippen LogP contribution in [0.4, 0.5) is 0 Å². The molecule has 1 aromatic carbocycles. The van der Waals surface area contributed by atoms with Crippen LogP contribution in [0.25, 0.3) is 0 Å². The number of hydrogen-bond acceptors (Lipinski definition) is 3. The van der Waals surface area contributed by atoms with Gasteiger partial charge in [0.05, 0.1) is 7.11 Å². The van der Waals surface area contributed by atoms with Crippen LogP contribution in [0.3, 0.4) is 0 Å². The number of carbonyl (C=O) groups excluding carboxylic acids is 1. The van der Waals surface area contributed by atoms with Gasteiger partial charge >= 0.3 is 5.97 Å². The molecule has 1 unspecified atom stereocenters. The number of nitrogens with one attached hydrogen (secondary N) is 1. The molecule has 1 aromatic rings. The van der Waals surface area contributed by atoms with E-state index in [2.05, 4.69) is 17.4 Å². The van der Waals surface area contributed by atoms with E-state index in [1.54, 1.807) is 0 Å².